The number of thiophene rings is 1. The first-order chi connectivity index (χ1) is 13.9. The fourth-order valence-corrected chi connectivity index (χ4v) is 5.02. The molecule has 0 atom stereocenters. The van der Waals surface area contributed by atoms with E-state index in [0.29, 0.717) is 5.75 Å². The molecule has 0 saturated heterocycles. The Morgan fingerprint density at radius 3 is 2.72 bits per heavy atom. The van der Waals surface area contributed by atoms with Crippen molar-refractivity contribution in [3.8, 4) is 11.4 Å². The highest BCUT2D eigenvalue weighted by Crippen LogP contribution is 2.32. The summed E-state index contributed by atoms with van der Waals surface area (Å²) in [6.07, 6.45) is 1.96. The van der Waals surface area contributed by atoms with Crippen LogP contribution in [0.3, 0.4) is 0 Å². The second-order valence-electron chi connectivity index (χ2n) is 7.15. The van der Waals surface area contributed by atoms with Crippen molar-refractivity contribution in [1.29, 1.82) is 0 Å². The van der Waals surface area contributed by atoms with Gasteiger partial charge in [-0.05, 0) is 56.4 Å². The van der Waals surface area contributed by atoms with Gasteiger partial charge in [-0.15, -0.1) is 21.5 Å². The van der Waals surface area contributed by atoms with Gasteiger partial charge in [0.1, 0.15) is 0 Å². The first-order valence-electron chi connectivity index (χ1n) is 9.95. The number of amides is 1. The third kappa shape index (κ3) is 4.90. The topological polar surface area (TPSA) is 59.8 Å². The molecule has 1 amide bonds. The highest BCUT2D eigenvalue weighted by Gasteiger charge is 2.19. The maximum Gasteiger partial charge on any atom is 0.234 e. The van der Waals surface area contributed by atoms with E-state index in [0.717, 1.165) is 47.2 Å². The molecule has 0 aliphatic heterocycles. The van der Waals surface area contributed by atoms with Crippen molar-refractivity contribution < 1.29 is 4.79 Å². The molecule has 0 unspecified atom stereocenters. The van der Waals surface area contributed by atoms with Crippen LogP contribution in [0.4, 0.5) is 5.69 Å². The number of aromatic nitrogens is 3. The van der Waals surface area contributed by atoms with Gasteiger partial charge in [0.2, 0.25) is 5.91 Å². The predicted molar refractivity (Wildman–Crippen MR) is 123 cm³/mol. The summed E-state index contributed by atoms with van der Waals surface area (Å²) in [5.41, 5.74) is 5.56. The lowest BCUT2D eigenvalue weighted by atomic mass is 10.1. The molecule has 2 aromatic heterocycles. The zero-order valence-corrected chi connectivity index (χ0v) is 19.3. The summed E-state index contributed by atoms with van der Waals surface area (Å²) in [5, 5.41) is 14.9. The third-order valence-corrected chi connectivity index (χ3v) is 6.78. The molecule has 3 aromatic rings. The van der Waals surface area contributed by atoms with Crippen molar-refractivity contribution in [2.75, 3.05) is 11.1 Å². The van der Waals surface area contributed by atoms with E-state index in [9.17, 15) is 4.79 Å². The summed E-state index contributed by atoms with van der Waals surface area (Å²) in [6, 6.07) is 6.07. The number of hydrogen-bond donors (Lipinski definition) is 1. The predicted octanol–water partition coefficient (Wildman–Crippen LogP) is 5.64. The highest BCUT2D eigenvalue weighted by molar-refractivity contribution is 7.99. The smallest absolute Gasteiger partial charge is 0.234 e. The molecule has 1 N–H and O–H groups in total. The average molecular weight is 429 g/mol. The van der Waals surface area contributed by atoms with E-state index >= 15 is 0 Å². The first kappa shape index (κ1) is 21.6. The number of carbonyl (C=O) groups excluding carboxylic acids is 1. The Hall–Kier alpha value is -2.12. The largest absolute Gasteiger partial charge is 0.325 e. The minimum absolute atomic E-state index is 0.0306. The van der Waals surface area contributed by atoms with Crippen LogP contribution in [0.2, 0.25) is 0 Å². The van der Waals surface area contributed by atoms with Crippen LogP contribution >= 0.6 is 23.1 Å². The van der Waals surface area contributed by atoms with Crippen LogP contribution in [0.1, 0.15) is 41.8 Å². The Balaban J connectivity index is 1.76. The van der Waals surface area contributed by atoms with Crippen molar-refractivity contribution >= 4 is 34.7 Å². The number of nitrogens with zero attached hydrogens (tertiary/aromatic N) is 3. The molecule has 0 saturated carbocycles. The van der Waals surface area contributed by atoms with E-state index < -0.39 is 0 Å². The van der Waals surface area contributed by atoms with Crippen LogP contribution in [-0.4, -0.2) is 26.4 Å². The highest BCUT2D eigenvalue weighted by atomic mass is 32.2. The number of anilines is 1. The minimum atomic E-state index is -0.0306. The summed E-state index contributed by atoms with van der Waals surface area (Å²) < 4.78 is 2.15. The minimum Gasteiger partial charge on any atom is -0.325 e. The number of nitrogens with one attached hydrogen (secondary N) is 1. The van der Waals surface area contributed by atoms with Crippen LogP contribution in [0.25, 0.3) is 11.4 Å². The van der Waals surface area contributed by atoms with Gasteiger partial charge in [0.15, 0.2) is 11.0 Å². The second kappa shape index (κ2) is 9.59. The van der Waals surface area contributed by atoms with Gasteiger partial charge in [0, 0.05) is 28.1 Å². The van der Waals surface area contributed by atoms with E-state index in [4.69, 9.17) is 0 Å². The van der Waals surface area contributed by atoms with Crippen molar-refractivity contribution in [1.82, 2.24) is 14.8 Å². The number of hydrogen-bond acceptors (Lipinski definition) is 5. The molecule has 0 bridgehead atoms. The molecular weight excluding hydrogens is 400 g/mol. The Morgan fingerprint density at radius 2 is 2.00 bits per heavy atom. The summed E-state index contributed by atoms with van der Waals surface area (Å²) in [4.78, 5) is 13.8. The van der Waals surface area contributed by atoms with E-state index in [1.165, 1.54) is 27.8 Å². The molecule has 29 heavy (non-hydrogen) atoms. The quantitative estimate of drug-likeness (QED) is 0.472. The van der Waals surface area contributed by atoms with E-state index in [-0.39, 0.29) is 5.91 Å². The van der Waals surface area contributed by atoms with Crippen LogP contribution in [0, 0.1) is 20.8 Å². The number of benzene rings is 1. The van der Waals surface area contributed by atoms with Crippen molar-refractivity contribution in [2.45, 2.75) is 59.2 Å². The lowest BCUT2D eigenvalue weighted by Gasteiger charge is -2.11. The summed E-state index contributed by atoms with van der Waals surface area (Å²) in [7, 11) is 0. The standard InChI is InChI=1S/C22H28N4OS2/c1-6-10-26-21(18-12-28-16(5)17(18)7-2)24-25-22(26)29-13-20(27)23-19-11-14(3)8-9-15(19)4/h8-9,11-12H,6-7,10,13H2,1-5H3,(H,23,27). The van der Waals surface area contributed by atoms with Crippen LogP contribution in [0.5, 0.6) is 0 Å². The van der Waals surface area contributed by atoms with E-state index in [1.807, 2.05) is 32.0 Å². The number of carbonyl (C=O) groups is 1. The van der Waals surface area contributed by atoms with Crippen LogP contribution < -0.4 is 5.32 Å². The second-order valence-corrected chi connectivity index (χ2v) is 9.18. The Labute approximate surface area is 180 Å². The molecule has 5 nitrogen and oxygen atoms in total. The molecule has 0 fully saturated rings. The van der Waals surface area contributed by atoms with Crippen molar-refractivity contribution in [3.05, 3.63) is 45.1 Å². The number of rotatable bonds is 8. The molecule has 154 valence electrons. The fraction of sp³-hybridized carbons (Fsp3) is 0.409. The summed E-state index contributed by atoms with van der Waals surface area (Å²) >= 11 is 3.20. The molecule has 7 heteroatoms. The Kier molecular flexibility index (Phi) is 7.14. The normalized spacial score (nSPS) is 11.1. The molecule has 0 aliphatic carbocycles. The monoisotopic (exact) mass is 428 g/mol. The molecule has 1 aromatic carbocycles. The maximum atomic E-state index is 12.5. The molecule has 2 heterocycles. The first-order valence-corrected chi connectivity index (χ1v) is 11.8. The van der Waals surface area contributed by atoms with E-state index in [1.54, 1.807) is 11.3 Å². The average Bonchev–Trinajstić information content (AvgIpc) is 3.26. The van der Waals surface area contributed by atoms with E-state index in [2.05, 4.69) is 46.2 Å². The maximum absolute atomic E-state index is 12.5. The fourth-order valence-electron chi connectivity index (χ4n) is 3.31. The molecule has 0 radical (unpaired) electrons. The Bertz CT molecular complexity index is 1010. The summed E-state index contributed by atoms with van der Waals surface area (Å²) in [6.45, 7) is 11.3. The molecule has 0 aliphatic rings. The summed E-state index contributed by atoms with van der Waals surface area (Å²) in [5.74, 6) is 1.18. The molecular formula is C22H28N4OS2. The van der Waals surface area contributed by atoms with Gasteiger partial charge >= 0.3 is 0 Å². The van der Waals surface area contributed by atoms with Gasteiger partial charge < -0.3 is 9.88 Å². The van der Waals surface area contributed by atoms with Crippen molar-refractivity contribution in [2.24, 2.45) is 0 Å². The van der Waals surface area contributed by atoms with Gasteiger partial charge in [-0.2, -0.15) is 0 Å². The lowest BCUT2D eigenvalue weighted by Crippen LogP contribution is -2.15. The van der Waals surface area contributed by atoms with Gasteiger partial charge in [0.05, 0.1) is 5.75 Å². The van der Waals surface area contributed by atoms with Gasteiger partial charge in [-0.1, -0.05) is 37.7 Å². The number of aryl methyl sites for hydroxylation is 3. The zero-order chi connectivity index (χ0) is 21.0. The van der Waals surface area contributed by atoms with Crippen molar-refractivity contribution in [3.63, 3.8) is 0 Å². The van der Waals surface area contributed by atoms with Gasteiger partial charge in [-0.3, -0.25) is 4.79 Å². The van der Waals surface area contributed by atoms with Crippen LogP contribution in [-0.2, 0) is 17.8 Å². The molecule has 0 spiro atoms. The van der Waals surface area contributed by atoms with Crippen LogP contribution in [0.15, 0.2) is 28.7 Å². The third-order valence-electron chi connectivity index (χ3n) is 4.86. The number of thioether (sulfide) groups is 1. The van der Waals surface area contributed by atoms with Gasteiger partial charge in [0.25, 0.3) is 0 Å². The molecule has 3 rings (SSSR count). The van der Waals surface area contributed by atoms with Gasteiger partial charge in [-0.25, -0.2) is 0 Å². The zero-order valence-electron chi connectivity index (χ0n) is 17.7. The Morgan fingerprint density at radius 1 is 1.21 bits per heavy atom. The SMILES string of the molecule is CCCn1c(SCC(=O)Nc2cc(C)ccc2C)nnc1-c1csc(C)c1CC. The lowest BCUT2D eigenvalue weighted by molar-refractivity contribution is -0.113.